The van der Waals surface area contributed by atoms with Crippen molar-refractivity contribution in [2.24, 2.45) is 11.7 Å². The Morgan fingerprint density at radius 1 is 1.18 bits per heavy atom. The van der Waals surface area contributed by atoms with Crippen molar-refractivity contribution in [1.29, 1.82) is 0 Å². The Kier molecular flexibility index (Phi) is 7.33. The summed E-state index contributed by atoms with van der Waals surface area (Å²) in [6, 6.07) is 7.61. The molecule has 10 heteroatoms. The molecule has 3 N–H and O–H groups in total. The summed E-state index contributed by atoms with van der Waals surface area (Å²) in [5, 5.41) is 3.64. The number of carbonyl (C=O) groups excluding carboxylic acids is 1. The minimum atomic E-state index is -0.626. The molecular weight excluding hydrogens is 463 g/mol. The Hall–Kier alpha value is -3.17. The Labute approximate surface area is 201 Å². The van der Waals surface area contributed by atoms with Crippen molar-refractivity contribution >= 4 is 40.0 Å². The molecule has 3 aromatic rings. The summed E-state index contributed by atoms with van der Waals surface area (Å²) >= 11 is 5.91. The highest BCUT2D eigenvalue weighted by Crippen LogP contribution is 2.38. The number of ether oxygens (including phenoxy) is 3. The van der Waals surface area contributed by atoms with Gasteiger partial charge in [-0.25, -0.2) is 14.4 Å². The lowest BCUT2D eigenvalue weighted by atomic mass is 9.83. The molecule has 0 bridgehead atoms. The summed E-state index contributed by atoms with van der Waals surface area (Å²) in [7, 11) is 2.90. The molecule has 1 heterocycles. The normalized spacial score (nSPS) is 18.9. The van der Waals surface area contributed by atoms with Gasteiger partial charge in [-0.15, -0.1) is 0 Å². The Morgan fingerprint density at radius 3 is 2.65 bits per heavy atom. The third-order valence-electron chi connectivity index (χ3n) is 6.12. The summed E-state index contributed by atoms with van der Waals surface area (Å²) in [6.45, 7) is 0. The number of nitrogens with two attached hydrogens (primary N) is 1. The van der Waals surface area contributed by atoms with E-state index >= 15 is 0 Å². The van der Waals surface area contributed by atoms with Gasteiger partial charge < -0.3 is 25.3 Å². The van der Waals surface area contributed by atoms with Crippen LogP contribution >= 0.6 is 11.6 Å². The number of anilines is 2. The van der Waals surface area contributed by atoms with Crippen molar-refractivity contribution in [1.82, 2.24) is 9.97 Å². The van der Waals surface area contributed by atoms with Gasteiger partial charge in [0.05, 0.1) is 36.6 Å². The Morgan fingerprint density at radius 2 is 1.94 bits per heavy atom. The number of hydrogen-bond acceptors (Lipinski definition) is 8. The lowest BCUT2D eigenvalue weighted by molar-refractivity contribution is -0.144. The first-order valence-corrected chi connectivity index (χ1v) is 11.3. The van der Waals surface area contributed by atoms with Crippen LogP contribution in [0.3, 0.4) is 0 Å². The van der Waals surface area contributed by atoms with Gasteiger partial charge >= 0.3 is 5.97 Å². The number of aromatic nitrogens is 2. The average Bonchev–Trinajstić information content (AvgIpc) is 2.86. The summed E-state index contributed by atoms with van der Waals surface area (Å²) in [5.74, 6) is 0.563. The molecule has 180 valence electrons. The van der Waals surface area contributed by atoms with Gasteiger partial charge in [0, 0.05) is 11.5 Å². The SMILES string of the molecule is COC(=O)[C@@H](N)C1CCC(Oc2cc3c(Nc4cccc(Cl)c4F)ncnc3cc2OC)CC1. The van der Waals surface area contributed by atoms with Crippen molar-refractivity contribution in [3.63, 3.8) is 0 Å². The minimum Gasteiger partial charge on any atom is -0.493 e. The largest absolute Gasteiger partial charge is 0.493 e. The average molecular weight is 489 g/mol. The predicted molar refractivity (Wildman–Crippen MR) is 127 cm³/mol. The molecule has 2 aromatic carbocycles. The van der Waals surface area contributed by atoms with Crippen LogP contribution in [0.2, 0.25) is 5.02 Å². The number of hydrogen-bond donors (Lipinski definition) is 2. The van der Waals surface area contributed by atoms with E-state index in [4.69, 9.17) is 31.5 Å². The van der Waals surface area contributed by atoms with E-state index in [1.165, 1.54) is 19.5 Å². The molecule has 0 radical (unpaired) electrons. The van der Waals surface area contributed by atoms with Crippen molar-refractivity contribution in [2.75, 3.05) is 19.5 Å². The summed E-state index contributed by atoms with van der Waals surface area (Å²) < 4.78 is 31.0. The van der Waals surface area contributed by atoms with Gasteiger partial charge in [0.15, 0.2) is 17.3 Å². The molecule has 0 saturated heterocycles. The maximum atomic E-state index is 14.4. The van der Waals surface area contributed by atoms with Crippen LogP contribution in [0.25, 0.3) is 10.9 Å². The lowest BCUT2D eigenvalue weighted by Crippen LogP contribution is -2.41. The van der Waals surface area contributed by atoms with Crippen LogP contribution in [0.5, 0.6) is 11.5 Å². The van der Waals surface area contributed by atoms with Crippen LogP contribution < -0.4 is 20.5 Å². The highest BCUT2D eigenvalue weighted by atomic mass is 35.5. The zero-order valence-corrected chi connectivity index (χ0v) is 19.6. The van der Waals surface area contributed by atoms with Crippen LogP contribution in [-0.2, 0) is 9.53 Å². The molecule has 0 aliphatic heterocycles. The molecule has 1 aliphatic rings. The Balaban J connectivity index is 1.57. The number of benzene rings is 2. The fraction of sp³-hybridized carbons (Fsp3) is 0.375. The van der Waals surface area contributed by atoms with E-state index in [2.05, 4.69) is 15.3 Å². The zero-order chi connectivity index (χ0) is 24.2. The molecular formula is C24H26ClFN4O4. The van der Waals surface area contributed by atoms with Gasteiger partial charge in [0.25, 0.3) is 0 Å². The summed E-state index contributed by atoms with van der Waals surface area (Å²) in [4.78, 5) is 20.3. The monoisotopic (exact) mass is 488 g/mol. The topological polar surface area (TPSA) is 109 Å². The molecule has 0 unspecified atom stereocenters. The fourth-order valence-electron chi connectivity index (χ4n) is 4.22. The molecule has 4 rings (SSSR count). The van der Waals surface area contributed by atoms with Crippen LogP contribution in [-0.4, -0.2) is 42.3 Å². The van der Waals surface area contributed by atoms with E-state index in [-0.39, 0.29) is 22.7 Å². The van der Waals surface area contributed by atoms with Crippen molar-refractivity contribution < 1.29 is 23.4 Å². The van der Waals surface area contributed by atoms with Crippen molar-refractivity contribution in [3.05, 3.63) is 47.5 Å². The molecule has 0 spiro atoms. The van der Waals surface area contributed by atoms with Crippen LogP contribution in [0, 0.1) is 11.7 Å². The van der Waals surface area contributed by atoms with Crippen LogP contribution in [0.4, 0.5) is 15.9 Å². The smallest absolute Gasteiger partial charge is 0.322 e. The second-order valence-corrected chi connectivity index (χ2v) is 8.58. The maximum Gasteiger partial charge on any atom is 0.322 e. The maximum absolute atomic E-state index is 14.4. The summed E-state index contributed by atoms with van der Waals surface area (Å²) in [6.07, 6.45) is 4.29. The van der Waals surface area contributed by atoms with Gasteiger partial charge in [0.1, 0.15) is 18.2 Å². The Bertz CT molecular complexity index is 1190. The molecule has 0 amide bonds. The molecule has 8 nitrogen and oxygen atoms in total. The molecule has 1 aromatic heterocycles. The van der Waals surface area contributed by atoms with Crippen LogP contribution in [0.15, 0.2) is 36.7 Å². The molecule has 34 heavy (non-hydrogen) atoms. The van der Waals surface area contributed by atoms with E-state index in [9.17, 15) is 9.18 Å². The van der Waals surface area contributed by atoms with E-state index < -0.39 is 17.8 Å². The quantitative estimate of drug-likeness (QED) is 0.464. The third-order valence-corrected chi connectivity index (χ3v) is 6.41. The highest BCUT2D eigenvalue weighted by molar-refractivity contribution is 6.31. The summed E-state index contributed by atoms with van der Waals surface area (Å²) in [5.41, 5.74) is 6.83. The van der Waals surface area contributed by atoms with Gasteiger partial charge in [0.2, 0.25) is 0 Å². The first-order chi connectivity index (χ1) is 16.4. The number of rotatable bonds is 7. The number of methoxy groups -OCH3 is 2. The first-order valence-electron chi connectivity index (χ1n) is 10.9. The van der Waals surface area contributed by atoms with Crippen molar-refractivity contribution in [3.8, 4) is 11.5 Å². The van der Waals surface area contributed by atoms with Gasteiger partial charge in [-0.2, -0.15) is 0 Å². The molecule has 1 fully saturated rings. The number of esters is 1. The number of halogens is 2. The standard InChI is InChI=1S/C24H26ClFN4O4/c1-32-19-11-18-15(23(29-12-28-18)30-17-5-3-4-16(25)21(17)26)10-20(19)34-14-8-6-13(7-9-14)22(27)24(31)33-2/h3-5,10-14,22H,6-9,27H2,1-2H3,(H,28,29,30)/t13?,14?,22-/m0/s1. The van der Waals surface area contributed by atoms with Gasteiger partial charge in [-0.1, -0.05) is 17.7 Å². The number of nitrogens with zero attached hydrogens (tertiary/aromatic N) is 2. The molecule has 1 saturated carbocycles. The van der Waals surface area contributed by atoms with Gasteiger partial charge in [-0.05, 0) is 49.8 Å². The molecule has 1 atom stereocenters. The minimum absolute atomic E-state index is 0.0107. The first kappa shape index (κ1) is 24.0. The second kappa shape index (κ2) is 10.4. The van der Waals surface area contributed by atoms with Crippen LogP contribution in [0.1, 0.15) is 25.7 Å². The molecule has 1 aliphatic carbocycles. The fourth-order valence-corrected chi connectivity index (χ4v) is 4.39. The third kappa shape index (κ3) is 5.00. The predicted octanol–water partition coefficient (Wildman–Crippen LogP) is 4.61. The lowest BCUT2D eigenvalue weighted by Gasteiger charge is -2.31. The second-order valence-electron chi connectivity index (χ2n) is 8.17. The van der Waals surface area contributed by atoms with E-state index in [1.807, 2.05) is 0 Å². The van der Waals surface area contributed by atoms with Gasteiger partial charge in [-0.3, -0.25) is 4.79 Å². The zero-order valence-electron chi connectivity index (χ0n) is 18.9. The number of nitrogens with one attached hydrogen (secondary N) is 1. The number of fused-ring (bicyclic) bond motifs is 1. The van der Waals surface area contributed by atoms with E-state index in [1.54, 1.807) is 31.4 Å². The number of carbonyl (C=O) groups is 1. The van der Waals surface area contributed by atoms with Crippen molar-refractivity contribution in [2.45, 2.75) is 37.8 Å². The van der Waals surface area contributed by atoms with E-state index in [0.717, 1.165) is 25.7 Å². The highest BCUT2D eigenvalue weighted by Gasteiger charge is 2.31. The van der Waals surface area contributed by atoms with E-state index in [0.29, 0.717) is 28.2 Å².